The molecule has 1 heterocycles. The number of aryl methyl sites for hydroxylation is 1. The lowest BCUT2D eigenvalue weighted by Crippen LogP contribution is -2.45. The highest BCUT2D eigenvalue weighted by Gasteiger charge is 2.44. The molecule has 35 heavy (non-hydrogen) atoms. The van der Waals surface area contributed by atoms with Gasteiger partial charge in [0.05, 0.1) is 24.8 Å². The summed E-state index contributed by atoms with van der Waals surface area (Å²) >= 11 is 0. The zero-order valence-corrected chi connectivity index (χ0v) is 19.2. The van der Waals surface area contributed by atoms with Crippen LogP contribution in [-0.2, 0) is 20.9 Å². The Hall–Kier alpha value is -4.33. The maximum atomic E-state index is 13.4. The van der Waals surface area contributed by atoms with Gasteiger partial charge in [-0.3, -0.25) is 14.4 Å². The van der Waals surface area contributed by atoms with Gasteiger partial charge in [0.2, 0.25) is 5.91 Å². The van der Waals surface area contributed by atoms with Crippen LogP contribution in [0.2, 0.25) is 0 Å². The molecule has 0 N–H and O–H groups in total. The van der Waals surface area contributed by atoms with Crippen LogP contribution in [0.25, 0.3) is 0 Å². The highest BCUT2D eigenvalue weighted by Crippen LogP contribution is 2.28. The van der Waals surface area contributed by atoms with Crippen molar-refractivity contribution >= 4 is 29.4 Å². The molecule has 3 aromatic carbocycles. The van der Waals surface area contributed by atoms with Gasteiger partial charge in [0.25, 0.3) is 11.8 Å². The van der Waals surface area contributed by atoms with E-state index in [9.17, 15) is 23.6 Å². The summed E-state index contributed by atoms with van der Waals surface area (Å²) in [6, 6.07) is 17.4. The Labute approximate surface area is 201 Å². The highest BCUT2D eigenvalue weighted by molar-refractivity contribution is 6.23. The Balaban J connectivity index is 1.65. The van der Waals surface area contributed by atoms with E-state index in [0.29, 0.717) is 5.69 Å². The minimum absolute atomic E-state index is 0.0926. The predicted molar refractivity (Wildman–Crippen MR) is 126 cm³/mol. The van der Waals surface area contributed by atoms with E-state index in [4.69, 9.17) is 0 Å². The van der Waals surface area contributed by atoms with E-state index in [-0.39, 0.29) is 24.1 Å². The number of carbonyl (C=O) groups excluding carboxylic acids is 4. The summed E-state index contributed by atoms with van der Waals surface area (Å²) in [5.74, 6) is -2.53. The minimum Gasteiger partial charge on any atom is -0.465 e. The lowest BCUT2D eigenvalue weighted by Gasteiger charge is -2.28. The van der Waals surface area contributed by atoms with Crippen molar-refractivity contribution in [3.63, 3.8) is 0 Å². The molecule has 1 aliphatic rings. The second kappa shape index (κ2) is 9.89. The third kappa shape index (κ3) is 4.96. The molecule has 0 aromatic heterocycles. The number of imide groups is 1. The number of benzene rings is 3. The number of hydrogen-bond donors (Lipinski definition) is 0. The number of nitrogens with zero attached hydrogens (tertiary/aromatic N) is 2. The number of hydrogen-bond acceptors (Lipinski definition) is 5. The van der Waals surface area contributed by atoms with Gasteiger partial charge in [0.1, 0.15) is 11.9 Å². The molecule has 3 aromatic rings. The zero-order valence-electron chi connectivity index (χ0n) is 19.2. The number of amides is 3. The van der Waals surface area contributed by atoms with Crippen LogP contribution in [0.15, 0.2) is 72.8 Å². The van der Waals surface area contributed by atoms with E-state index in [1.54, 1.807) is 0 Å². The molecular weight excluding hydrogens is 451 g/mol. The van der Waals surface area contributed by atoms with E-state index >= 15 is 0 Å². The van der Waals surface area contributed by atoms with Crippen LogP contribution in [-0.4, -0.2) is 41.7 Å². The van der Waals surface area contributed by atoms with Crippen LogP contribution < -0.4 is 4.90 Å². The Bertz CT molecular complexity index is 1270. The lowest BCUT2D eigenvalue weighted by atomic mass is 10.1. The molecule has 1 fully saturated rings. The molecule has 4 rings (SSSR count). The van der Waals surface area contributed by atoms with Crippen molar-refractivity contribution in [3.05, 3.63) is 101 Å². The van der Waals surface area contributed by atoms with E-state index in [1.807, 2.05) is 31.2 Å². The first kappa shape index (κ1) is 23.8. The Morgan fingerprint density at radius 1 is 0.943 bits per heavy atom. The largest absolute Gasteiger partial charge is 0.465 e. The molecular formula is C27H23FN2O5. The summed E-state index contributed by atoms with van der Waals surface area (Å²) in [6.45, 7) is 2.03. The standard InChI is InChI=1S/C27H23FN2O5/c1-17-3-5-18(6-4-17)16-29(25(32)19-7-11-21(28)12-8-19)23-15-24(31)30(26(23)33)22-13-9-20(10-14-22)27(34)35-2/h3-14,23H,15-16H2,1-2H3. The fraction of sp³-hybridized carbons (Fsp3) is 0.185. The third-order valence-electron chi connectivity index (χ3n) is 5.87. The minimum atomic E-state index is -1.04. The van der Waals surface area contributed by atoms with Gasteiger partial charge in [-0.05, 0) is 61.0 Å². The van der Waals surface area contributed by atoms with Crippen molar-refractivity contribution in [2.24, 2.45) is 0 Å². The molecule has 1 aliphatic heterocycles. The quantitative estimate of drug-likeness (QED) is 0.400. The van der Waals surface area contributed by atoms with Crippen molar-refractivity contribution in [1.29, 1.82) is 0 Å². The summed E-state index contributed by atoms with van der Waals surface area (Å²) < 4.78 is 18.1. The predicted octanol–water partition coefficient (Wildman–Crippen LogP) is 3.90. The van der Waals surface area contributed by atoms with Crippen LogP contribution in [0.4, 0.5) is 10.1 Å². The fourth-order valence-electron chi connectivity index (χ4n) is 3.97. The Kier molecular flexibility index (Phi) is 6.73. The molecule has 178 valence electrons. The highest BCUT2D eigenvalue weighted by atomic mass is 19.1. The number of halogens is 1. The molecule has 0 saturated carbocycles. The maximum Gasteiger partial charge on any atom is 0.337 e. The van der Waals surface area contributed by atoms with Crippen LogP contribution in [0.1, 0.15) is 38.3 Å². The number of methoxy groups -OCH3 is 1. The monoisotopic (exact) mass is 474 g/mol. The molecule has 3 amide bonds. The van der Waals surface area contributed by atoms with E-state index in [2.05, 4.69) is 4.74 Å². The summed E-state index contributed by atoms with van der Waals surface area (Å²) in [4.78, 5) is 53.8. The zero-order chi connectivity index (χ0) is 25.1. The summed E-state index contributed by atoms with van der Waals surface area (Å²) in [6.07, 6.45) is -0.198. The van der Waals surface area contributed by atoms with Gasteiger partial charge < -0.3 is 9.64 Å². The topological polar surface area (TPSA) is 84.0 Å². The van der Waals surface area contributed by atoms with Crippen molar-refractivity contribution in [1.82, 2.24) is 4.90 Å². The molecule has 1 saturated heterocycles. The van der Waals surface area contributed by atoms with Gasteiger partial charge in [-0.1, -0.05) is 29.8 Å². The van der Waals surface area contributed by atoms with Gasteiger partial charge >= 0.3 is 5.97 Å². The van der Waals surface area contributed by atoms with E-state index in [0.717, 1.165) is 16.0 Å². The summed E-state index contributed by atoms with van der Waals surface area (Å²) in [5, 5.41) is 0. The molecule has 0 radical (unpaired) electrons. The molecule has 0 bridgehead atoms. The van der Waals surface area contributed by atoms with Crippen molar-refractivity contribution < 1.29 is 28.3 Å². The van der Waals surface area contributed by atoms with E-state index in [1.165, 1.54) is 60.5 Å². The van der Waals surface area contributed by atoms with Crippen LogP contribution in [0.3, 0.4) is 0 Å². The fourth-order valence-corrected chi connectivity index (χ4v) is 3.97. The van der Waals surface area contributed by atoms with Crippen molar-refractivity contribution in [2.45, 2.75) is 25.9 Å². The number of anilines is 1. The second-order valence-corrected chi connectivity index (χ2v) is 8.25. The van der Waals surface area contributed by atoms with Gasteiger partial charge in [0.15, 0.2) is 0 Å². The smallest absolute Gasteiger partial charge is 0.337 e. The SMILES string of the molecule is COC(=O)c1ccc(N2C(=O)CC(N(Cc3ccc(C)cc3)C(=O)c3ccc(F)cc3)C2=O)cc1. The average molecular weight is 474 g/mol. The lowest BCUT2D eigenvalue weighted by molar-refractivity contribution is -0.122. The van der Waals surface area contributed by atoms with Gasteiger partial charge in [0, 0.05) is 12.1 Å². The van der Waals surface area contributed by atoms with Gasteiger partial charge in [-0.15, -0.1) is 0 Å². The van der Waals surface area contributed by atoms with Gasteiger partial charge in [-0.2, -0.15) is 0 Å². The first-order valence-corrected chi connectivity index (χ1v) is 11.0. The Morgan fingerprint density at radius 3 is 2.14 bits per heavy atom. The molecule has 0 aliphatic carbocycles. The average Bonchev–Trinajstić information content (AvgIpc) is 3.16. The number of rotatable bonds is 6. The third-order valence-corrected chi connectivity index (χ3v) is 5.87. The van der Waals surface area contributed by atoms with Crippen LogP contribution in [0, 0.1) is 12.7 Å². The van der Waals surface area contributed by atoms with Gasteiger partial charge in [-0.25, -0.2) is 14.1 Å². The first-order valence-electron chi connectivity index (χ1n) is 11.0. The van der Waals surface area contributed by atoms with Crippen LogP contribution in [0.5, 0.6) is 0 Å². The molecule has 1 atom stereocenters. The molecule has 1 unspecified atom stereocenters. The molecule has 7 nitrogen and oxygen atoms in total. The molecule has 0 spiro atoms. The number of ether oxygens (including phenoxy) is 1. The van der Waals surface area contributed by atoms with Crippen LogP contribution >= 0.6 is 0 Å². The first-order chi connectivity index (χ1) is 16.8. The normalized spacial score (nSPS) is 15.3. The second-order valence-electron chi connectivity index (χ2n) is 8.25. The Morgan fingerprint density at radius 2 is 1.54 bits per heavy atom. The number of esters is 1. The molecule has 8 heteroatoms. The van der Waals surface area contributed by atoms with E-state index < -0.39 is 35.5 Å². The maximum absolute atomic E-state index is 13.4. The summed E-state index contributed by atoms with van der Waals surface area (Å²) in [5.41, 5.74) is 2.60. The van der Waals surface area contributed by atoms with Crippen molar-refractivity contribution in [2.75, 3.05) is 12.0 Å². The summed E-state index contributed by atoms with van der Waals surface area (Å²) in [7, 11) is 1.26. The van der Waals surface area contributed by atoms with Crippen molar-refractivity contribution in [3.8, 4) is 0 Å². The number of carbonyl (C=O) groups is 4.